The third kappa shape index (κ3) is 6.50. The van der Waals surface area contributed by atoms with Crippen molar-refractivity contribution in [2.24, 2.45) is 11.7 Å². The van der Waals surface area contributed by atoms with Gasteiger partial charge in [-0.2, -0.15) is 0 Å². The molecule has 2 amide bonds. The molecular formula is C19H26Cl2N4O2. The predicted molar refractivity (Wildman–Crippen MR) is 113 cm³/mol. The van der Waals surface area contributed by atoms with E-state index in [0.29, 0.717) is 23.4 Å². The van der Waals surface area contributed by atoms with Crippen LogP contribution in [0.4, 0.5) is 5.69 Å². The topological polar surface area (TPSA) is 97.1 Å². The lowest BCUT2D eigenvalue weighted by Crippen LogP contribution is -2.55. The lowest BCUT2D eigenvalue weighted by molar-refractivity contribution is 0.0882. The molecule has 1 unspecified atom stereocenters. The van der Waals surface area contributed by atoms with Gasteiger partial charge in [-0.05, 0) is 43.2 Å². The van der Waals surface area contributed by atoms with Gasteiger partial charge in [0, 0.05) is 30.2 Å². The summed E-state index contributed by atoms with van der Waals surface area (Å²) in [6, 6.07) is 10.2. The minimum atomic E-state index is -0.494. The zero-order chi connectivity index (χ0) is 18.4. The Morgan fingerprint density at radius 2 is 1.78 bits per heavy atom. The SMILES string of the molecule is CC(C)C(C)(CN)NC(=O)c1cccc(NC(=O)c2cccnc2)c1.Cl.Cl. The number of nitrogens with two attached hydrogens (primary N) is 1. The van der Waals surface area contributed by atoms with Crippen molar-refractivity contribution in [3.63, 3.8) is 0 Å². The average Bonchev–Trinajstić information content (AvgIpc) is 2.62. The van der Waals surface area contributed by atoms with E-state index in [-0.39, 0.29) is 42.5 Å². The highest BCUT2D eigenvalue weighted by atomic mass is 35.5. The summed E-state index contributed by atoms with van der Waals surface area (Å²) in [6.07, 6.45) is 3.09. The molecule has 4 N–H and O–H groups in total. The van der Waals surface area contributed by atoms with Crippen molar-refractivity contribution in [2.75, 3.05) is 11.9 Å². The second kappa shape index (κ2) is 10.9. The standard InChI is InChI=1S/C19H24N4O2.2ClH/c1-13(2)19(3,12-20)23-18(25)14-6-4-8-16(10-14)22-17(24)15-7-5-9-21-11-15;;/h4-11,13H,12,20H2,1-3H3,(H,22,24)(H,23,25);2*1H. The summed E-state index contributed by atoms with van der Waals surface area (Å²) in [5.74, 6) is -0.311. The summed E-state index contributed by atoms with van der Waals surface area (Å²) in [6.45, 7) is 6.28. The van der Waals surface area contributed by atoms with Crippen LogP contribution in [0.3, 0.4) is 0 Å². The van der Waals surface area contributed by atoms with Crippen molar-refractivity contribution in [3.8, 4) is 0 Å². The first kappa shape index (κ1) is 24.8. The van der Waals surface area contributed by atoms with Gasteiger partial charge in [0.2, 0.25) is 0 Å². The maximum atomic E-state index is 12.5. The van der Waals surface area contributed by atoms with Crippen LogP contribution in [-0.4, -0.2) is 28.9 Å². The minimum absolute atomic E-state index is 0. The molecule has 6 nitrogen and oxygen atoms in total. The number of pyridine rings is 1. The van der Waals surface area contributed by atoms with Gasteiger partial charge in [-0.15, -0.1) is 24.8 Å². The number of rotatable bonds is 6. The highest BCUT2D eigenvalue weighted by Gasteiger charge is 2.28. The fraction of sp³-hybridized carbons (Fsp3) is 0.316. The van der Waals surface area contributed by atoms with E-state index < -0.39 is 5.54 Å². The van der Waals surface area contributed by atoms with E-state index in [2.05, 4.69) is 15.6 Å². The summed E-state index contributed by atoms with van der Waals surface area (Å²) < 4.78 is 0. The molecule has 0 bridgehead atoms. The van der Waals surface area contributed by atoms with Crippen molar-refractivity contribution in [3.05, 3.63) is 59.9 Å². The van der Waals surface area contributed by atoms with Crippen LogP contribution in [0.2, 0.25) is 0 Å². The van der Waals surface area contributed by atoms with Gasteiger partial charge in [-0.3, -0.25) is 14.6 Å². The van der Waals surface area contributed by atoms with Gasteiger partial charge in [0.15, 0.2) is 0 Å². The van der Waals surface area contributed by atoms with Gasteiger partial charge in [0.05, 0.1) is 11.1 Å². The fourth-order valence-electron chi connectivity index (χ4n) is 2.20. The first-order valence-electron chi connectivity index (χ1n) is 8.20. The molecule has 0 aliphatic heterocycles. The van der Waals surface area contributed by atoms with Crippen LogP contribution in [0.1, 0.15) is 41.5 Å². The molecule has 0 spiro atoms. The summed E-state index contributed by atoms with van der Waals surface area (Å²) in [5, 5.41) is 5.75. The zero-order valence-corrected chi connectivity index (χ0v) is 17.2. The largest absolute Gasteiger partial charge is 0.345 e. The first-order chi connectivity index (χ1) is 11.9. The van der Waals surface area contributed by atoms with Crippen LogP contribution in [-0.2, 0) is 0 Å². The lowest BCUT2D eigenvalue weighted by Gasteiger charge is -2.33. The van der Waals surface area contributed by atoms with E-state index in [1.54, 1.807) is 42.6 Å². The normalized spacial score (nSPS) is 12.2. The van der Waals surface area contributed by atoms with Crippen LogP contribution in [0, 0.1) is 5.92 Å². The first-order valence-corrected chi connectivity index (χ1v) is 8.20. The van der Waals surface area contributed by atoms with Crippen LogP contribution in [0.5, 0.6) is 0 Å². The van der Waals surface area contributed by atoms with E-state index in [1.165, 1.54) is 6.20 Å². The molecule has 8 heteroatoms. The van der Waals surface area contributed by atoms with Gasteiger partial charge >= 0.3 is 0 Å². The Hall–Kier alpha value is -2.15. The Morgan fingerprint density at radius 3 is 2.33 bits per heavy atom. The van der Waals surface area contributed by atoms with Crippen LogP contribution in [0.15, 0.2) is 48.8 Å². The van der Waals surface area contributed by atoms with E-state index >= 15 is 0 Å². The van der Waals surface area contributed by atoms with Crippen molar-refractivity contribution in [1.29, 1.82) is 0 Å². The Morgan fingerprint density at radius 1 is 1.11 bits per heavy atom. The van der Waals surface area contributed by atoms with Gasteiger partial charge in [0.25, 0.3) is 11.8 Å². The van der Waals surface area contributed by atoms with Crippen LogP contribution >= 0.6 is 24.8 Å². The van der Waals surface area contributed by atoms with Crippen molar-refractivity contribution in [1.82, 2.24) is 10.3 Å². The number of carbonyl (C=O) groups excluding carboxylic acids is 2. The second-order valence-electron chi connectivity index (χ2n) is 6.51. The van der Waals surface area contributed by atoms with Crippen LogP contribution < -0.4 is 16.4 Å². The maximum Gasteiger partial charge on any atom is 0.257 e. The molecule has 1 heterocycles. The Balaban J connectivity index is 0.00000338. The fourth-order valence-corrected chi connectivity index (χ4v) is 2.20. The monoisotopic (exact) mass is 412 g/mol. The third-order valence-corrected chi connectivity index (χ3v) is 4.40. The highest BCUT2D eigenvalue weighted by molar-refractivity contribution is 6.05. The number of carbonyl (C=O) groups is 2. The quantitative estimate of drug-likeness (QED) is 0.677. The summed E-state index contributed by atoms with van der Waals surface area (Å²) >= 11 is 0. The number of benzene rings is 1. The Kier molecular flexibility index (Phi) is 10.0. The number of anilines is 1. The Labute approximate surface area is 172 Å². The minimum Gasteiger partial charge on any atom is -0.345 e. The number of amides is 2. The molecule has 2 aromatic rings. The molecule has 0 aliphatic rings. The van der Waals surface area contributed by atoms with E-state index in [0.717, 1.165) is 0 Å². The maximum absolute atomic E-state index is 12.5. The molecule has 0 radical (unpaired) electrons. The highest BCUT2D eigenvalue weighted by Crippen LogP contribution is 2.17. The van der Waals surface area contributed by atoms with E-state index in [1.807, 2.05) is 20.8 Å². The number of hydrogen-bond donors (Lipinski definition) is 3. The predicted octanol–water partition coefficient (Wildman–Crippen LogP) is 3.28. The van der Waals surface area contributed by atoms with Crippen molar-refractivity contribution >= 4 is 42.3 Å². The molecule has 1 atom stereocenters. The van der Waals surface area contributed by atoms with Crippen molar-refractivity contribution < 1.29 is 9.59 Å². The Bertz CT molecular complexity index is 756. The molecule has 148 valence electrons. The molecule has 1 aromatic carbocycles. The number of nitrogens with zero attached hydrogens (tertiary/aromatic N) is 1. The van der Waals surface area contributed by atoms with E-state index in [9.17, 15) is 9.59 Å². The van der Waals surface area contributed by atoms with Gasteiger partial charge < -0.3 is 16.4 Å². The number of hydrogen-bond acceptors (Lipinski definition) is 4. The molecule has 0 saturated heterocycles. The van der Waals surface area contributed by atoms with E-state index in [4.69, 9.17) is 5.73 Å². The number of halogens is 2. The number of nitrogens with one attached hydrogen (secondary N) is 2. The van der Waals surface area contributed by atoms with Crippen molar-refractivity contribution in [2.45, 2.75) is 26.3 Å². The summed E-state index contributed by atoms with van der Waals surface area (Å²) in [5.41, 5.74) is 6.78. The molecule has 0 aliphatic carbocycles. The van der Waals surface area contributed by atoms with Gasteiger partial charge in [-0.1, -0.05) is 19.9 Å². The van der Waals surface area contributed by atoms with Crippen LogP contribution in [0.25, 0.3) is 0 Å². The van der Waals surface area contributed by atoms with Gasteiger partial charge in [0.1, 0.15) is 0 Å². The molecule has 1 aromatic heterocycles. The molecule has 27 heavy (non-hydrogen) atoms. The second-order valence-corrected chi connectivity index (χ2v) is 6.51. The molecule has 0 saturated carbocycles. The lowest BCUT2D eigenvalue weighted by atomic mass is 9.88. The summed E-state index contributed by atoms with van der Waals surface area (Å²) in [4.78, 5) is 28.7. The summed E-state index contributed by atoms with van der Waals surface area (Å²) in [7, 11) is 0. The molecule has 0 fully saturated rings. The average molecular weight is 413 g/mol. The third-order valence-electron chi connectivity index (χ3n) is 4.40. The molecular weight excluding hydrogens is 387 g/mol. The smallest absolute Gasteiger partial charge is 0.257 e. The number of aromatic nitrogens is 1. The zero-order valence-electron chi connectivity index (χ0n) is 15.6. The molecule has 2 rings (SSSR count). The van der Waals surface area contributed by atoms with Gasteiger partial charge in [-0.25, -0.2) is 0 Å².